The fraction of sp³-hybridized carbons (Fsp3) is 0.200. The topological polar surface area (TPSA) is 0 Å². The lowest BCUT2D eigenvalue weighted by Crippen LogP contribution is -1.96. The molecule has 0 unspecified atom stereocenters. The molecule has 18 heavy (non-hydrogen) atoms. The van der Waals surface area contributed by atoms with Crippen LogP contribution in [0, 0.1) is 11.6 Å². The molecule has 0 nitrogen and oxygen atoms in total. The number of hydrogen-bond donors (Lipinski definition) is 0. The molecule has 0 aliphatic carbocycles. The number of halogens is 3. The first-order valence-electron chi connectivity index (χ1n) is 5.74. The molecule has 0 saturated heterocycles. The minimum atomic E-state index is -0.427. The lowest BCUT2D eigenvalue weighted by atomic mass is 9.96. The normalized spacial score (nSPS) is 11.0. The molecule has 0 N–H and O–H groups in total. The molecular formula is C15H13ClF2. The summed E-state index contributed by atoms with van der Waals surface area (Å²) < 4.78 is 27.3. The molecule has 0 saturated carbocycles. The highest BCUT2D eigenvalue weighted by molar-refractivity contribution is 6.33. The summed E-state index contributed by atoms with van der Waals surface area (Å²) in [5.74, 6) is -0.630. The van der Waals surface area contributed by atoms with Gasteiger partial charge in [-0.25, -0.2) is 8.78 Å². The van der Waals surface area contributed by atoms with Crippen molar-refractivity contribution < 1.29 is 8.78 Å². The predicted octanol–water partition coefficient (Wildman–Crippen LogP) is 5.41. The first-order valence-corrected chi connectivity index (χ1v) is 6.12. The van der Waals surface area contributed by atoms with E-state index in [0.717, 1.165) is 0 Å². The molecule has 0 spiro atoms. The Kier molecular flexibility index (Phi) is 3.67. The van der Waals surface area contributed by atoms with Gasteiger partial charge in [-0.05, 0) is 29.7 Å². The van der Waals surface area contributed by atoms with Gasteiger partial charge in [0.05, 0.1) is 5.02 Å². The highest BCUT2D eigenvalue weighted by atomic mass is 35.5. The molecule has 94 valence electrons. The molecule has 0 bridgehead atoms. The zero-order valence-electron chi connectivity index (χ0n) is 10.2. The molecule has 0 aromatic heterocycles. The van der Waals surface area contributed by atoms with Crippen molar-refractivity contribution in [3.8, 4) is 11.1 Å². The van der Waals surface area contributed by atoms with Gasteiger partial charge in [0, 0.05) is 11.1 Å². The van der Waals surface area contributed by atoms with E-state index in [1.807, 2.05) is 13.8 Å². The SMILES string of the molecule is CC(C)c1cccc(-c2ccc(F)cc2Cl)c1F. The fourth-order valence-electron chi connectivity index (χ4n) is 1.91. The van der Waals surface area contributed by atoms with E-state index in [0.29, 0.717) is 16.7 Å². The third kappa shape index (κ3) is 2.39. The Morgan fingerprint density at radius 3 is 2.33 bits per heavy atom. The van der Waals surface area contributed by atoms with Crippen LogP contribution in [0.15, 0.2) is 36.4 Å². The molecule has 0 atom stereocenters. The minimum Gasteiger partial charge on any atom is -0.207 e. The van der Waals surface area contributed by atoms with Crippen LogP contribution in [0.3, 0.4) is 0 Å². The summed E-state index contributed by atoms with van der Waals surface area (Å²) in [6, 6.07) is 9.16. The zero-order valence-corrected chi connectivity index (χ0v) is 10.9. The molecule has 0 aliphatic rings. The third-order valence-corrected chi connectivity index (χ3v) is 3.18. The van der Waals surface area contributed by atoms with E-state index in [9.17, 15) is 8.78 Å². The van der Waals surface area contributed by atoms with Gasteiger partial charge in [-0.15, -0.1) is 0 Å². The highest BCUT2D eigenvalue weighted by Crippen LogP contribution is 2.33. The Morgan fingerprint density at radius 1 is 1.00 bits per heavy atom. The summed E-state index contributed by atoms with van der Waals surface area (Å²) in [5, 5.41) is 0.217. The van der Waals surface area contributed by atoms with E-state index < -0.39 is 5.82 Å². The average Bonchev–Trinajstić information content (AvgIpc) is 2.30. The summed E-state index contributed by atoms with van der Waals surface area (Å²) >= 11 is 5.96. The van der Waals surface area contributed by atoms with Crippen molar-refractivity contribution >= 4 is 11.6 Å². The Morgan fingerprint density at radius 2 is 1.72 bits per heavy atom. The maximum atomic E-state index is 14.3. The van der Waals surface area contributed by atoms with Gasteiger partial charge >= 0.3 is 0 Å². The largest absolute Gasteiger partial charge is 0.207 e. The highest BCUT2D eigenvalue weighted by Gasteiger charge is 2.14. The minimum absolute atomic E-state index is 0.0872. The fourth-order valence-corrected chi connectivity index (χ4v) is 2.18. The smallest absolute Gasteiger partial charge is 0.134 e. The second kappa shape index (κ2) is 5.07. The van der Waals surface area contributed by atoms with Crippen LogP contribution in [0.4, 0.5) is 8.78 Å². The van der Waals surface area contributed by atoms with E-state index in [2.05, 4.69) is 0 Å². The predicted molar refractivity (Wildman–Crippen MR) is 70.9 cm³/mol. The van der Waals surface area contributed by atoms with Crippen LogP contribution in [-0.4, -0.2) is 0 Å². The summed E-state index contributed by atoms with van der Waals surface area (Å²) in [6.45, 7) is 3.85. The first-order chi connectivity index (χ1) is 8.50. The molecule has 0 aliphatic heterocycles. The van der Waals surface area contributed by atoms with Crippen molar-refractivity contribution in [3.63, 3.8) is 0 Å². The quantitative estimate of drug-likeness (QED) is 0.682. The van der Waals surface area contributed by atoms with Crippen molar-refractivity contribution in [2.24, 2.45) is 0 Å². The summed E-state index contributed by atoms with van der Waals surface area (Å²) in [7, 11) is 0. The van der Waals surface area contributed by atoms with Crippen LogP contribution in [0.1, 0.15) is 25.3 Å². The van der Waals surface area contributed by atoms with Gasteiger partial charge in [-0.3, -0.25) is 0 Å². The van der Waals surface area contributed by atoms with Gasteiger partial charge in [0.15, 0.2) is 0 Å². The average molecular weight is 267 g/mol. The van der Waals surface area contributed by atoms with Crippen LogP contribution in [0.25, 0.3) is 11.1 Å². The van der Waals surface area contributed by atoms with Crippen molar-refractivity contribution in [2.45, 2.75) is 19.8 Å². The first kappa shape index (κ1) is 13.0. The molecule has 0 amide bonds. The van der Waals surface area contributed by atoms with Gasteiger partial charge in [0.1, 0.15) is 11.6 Å². The van der Waals surface area contributed by atoms with Crippen LogP contribution >= 0.6 is 11.6 Å². The molecule has 3 heteroatoms. The summed E-state index contributed by atoms with van der Waals surface area (Å²) in [4.78, 5) is 0. The van der Waals surface area contributed by atoms with E-state index in [1.165, 1.54) is 18.2 Å². The third-order valence-electron chi connectivity index (χ3n) is 2.87. The maximum Gasteiger partial charge on any atom is 0.134 e. The van der Waals surface area contributed by atoms with Crippen molar-refractivity contribution in [2.75, 3.05) is 0 Å². The van der Waals surface area contributed by atoms with E-state index >= 15 is 0 Å². The molecule has 0 radical (unpaired) electrons. The maximum absolute atomic E-state index is 14.3. The van der Waals surface area contributed by atoms with Crippen LogP contribution in [0.2, 0.25) is 5.02 Å². The Bertz CT molecular complexity index is 577. The summed E-state index contributed by atoms with van der Waals surface area (Å²) in [5.41, 5.74) is 1.55. The number of hydrogen-bond acceptors (Lipinski definition) is 0. The Labute approximate surface area is 110 Å². The van der Waals surface area contributed by atoms with Crippen molar-refractivity contribution in [1.29, 1.82) is 0 Å². The molecule has 2 aromatic rings. The van der Waals surface area contributed by atoms with Gasteiger partial charge in [-0.1, -0.05) is 43.6 Å². The second-order valence-corrected chi connectivity index (χ2v) is 4.89. The van der Waals surface area contributed by atoms with E-state index in [-0.39, 0.29) is 16.8 Å². The number of rotatable bonds is 2. The molecule has 2 aromatic carbocycles. The van der Waals surface area contributed by atoms with Gasteiger partial charge in [0.2, 0.25) is 0 Å². The van der Waals surface area contributed by atoms with Crippen molar-refractivity contribution in [1.82, 2.24) is 0 Å². The van der Waals surface area contributed by atoms with Crippen LogP contribution < -0.4 is 0 Å². The number of benzene rings is 2. The van der Waals surface area contributed by atoms with E-state index in [1.54, 1.807) is 18.2 Å². The van der Waals surface area contributed by atoms with E-state index in [4.69, 9.17) is 11.6 Å². The summed E-state index contributed by atoms with van der Waals surface area (Å²) in [6.07, 6.45) is 0. The molecule has 0 fully saturated rings. The van der Waals surface area contributed by atoms with Gasteiger partial charge in [-0.2, -0.15) is 0 Å². The zero-order chi connectivity index (χ0) is 13.3. The molecular weight excluding hydrogens is 254 g/mol. The van der Waals surface area contributed by atoms with Gasteiger partial charge in [0.25, 0.3) is 0 Å². The second-order valence-electron chi connectivity index (χ2n) is 4.49. The Balaban J connectivity index is 2.61. The lowest BCUT2D eigenvalue weighted by molar-refractivity contribution is 0.601. The monoisotopic (exact) mass is 266 g/mol. The molecule has 0 heterocycles. The van der Waals surface area contributed by atoms with Gasteiger partial charge < -0.3 is 0 Å². The van der Waals surface area contributed by atoms with Crippen LogP contribution in [-0.2, 0) is 0 Å². The Hall–Kier alpha value is -1.41. The van der Waals surface area contributed by atoms with Crippen LogP contribution in [0.5, 0.6) is 0 Å². The standard InChI is InChI=1S/C15H13ClF2/c1-9(2)11-4-3-5-13(15(11)18)12-7-6-10(17)8-14(12)16/h3-9H,1-2H3. The molecule has 2 rings (SSSR count). The lowest BCUT2D eigenvalue weighted by Gasteiger charge is -2.12. The van der Waals surface area contributed by atoms with Crippen molar-refractivity contribution in [3.05, 3.63) is 58.6 Å².